The molecule has 13 heavy (non-hydrogen) atoms. The van der Waals surface area contributed by atoms with Gasteiger partial charge in [0.05, 0.1) is 13.0 Å². The molecule has 0 aromatic heterocycles. The molecule has 2 unspecified atom stereocenters. The van der Waals surface area contributed by atoms with Crippen molar-refractivity contribution >= 4 is 5.97 Å². The molecule has 0 bridgehead atoms. The molecule has 0 aromatic rings. The van der Waals surface area contributed by atoms with Crippen molar-refractivity contribution in [1.29, 1.82) is 0 Å². The summed E-state index contributed by atoms with van der Waals surface area (Å²) in [6.45, 7) is 2.22. The molecule has 1 N–H and O–H groups in total. The predicted molar refractivity (Wildman–Crippen MR) is 49.3 cm³/mol. The van der Waals surface area contributed by atoms with E-state index in [1.807, 2.05) is 0 Å². The van der Waals surface area contributed by atoms with Gasteiger partial charge in [-0.1, -0.05) is 0 Å². The highest BCUT2D eigenvalue weighted by molar-refractivity contribution is 5.72. The zero-order valence-corrected chi connectivity index (χ0v) is 8.14. The summed E-state index contributed by atoms with van der Waals surface area (Å²) in [5, 5.41) is 3.38. The Hall–Kier alpha value is -0.570. The fraction of sp³-hybridized carbons (Fsp3) is 0.900. The zero-order valence-electron chi connectivity index (χ0n) is 8.14. The summed E-state index contributed by atoms with van der Waals surface area (Å²) in [5.74, 6) is 0.161. The molecule has 0 aromatic carbocycles. The smallest absolute Gasteiger partial charge is 0.308 e. The van der Waals surface area contributed by atoms with Gasteiger partial charge in [-0.25, -0.2) is 0 Å². The molecule has 1 spiro atoms. The van der Waals surface area contributed by atoms with Crippen LogP contribution in [0.4, 0.5) is 0 Å². The number of ether oxygens (including phenoxy) is 1. The molecule has 2 aliphatic rings. The zero-order chi connectivity index (χ0) is 9.31. The minimum absolute atomic E-state index is 0.0104. The lowest BCUT2D eigenvalue weighted by molar-refractivity contribution is -0.145. The van der Waals surface area contributed by atoms with Crippen molar-refractivity contribution in [2.45, 2.75) is 25.7 Å². The molecular weight excluding hydrogens is 166 g/mol. The second-order valence-electron chi connectivity index (χ2n) is 4.39. The van der Waals surface area contributed by atoms with Gasteiger partial charge < -0.3 is 10.1 Å². The van der Waals surface area contributed by atoms with Crippen LogP contribution < -0.4 is 5.32 Å². The van der Waals surface area contributed by atoms with Crippen molar-refractivity contribution < 1.29 is 9.53 Å². The molecule has 74 valence electrons. The van der Waals surface area contributed by atoms with Crippen molar-refractivity contribution in [2.24, 2.45) is 11.3 Å². The molecular formula is C10H17NO2. The van der Waals surface area contributed by atoms with Crippen LogP contribution in [0.25, 0.3) is 0 Å². The summed E-state index contributed by atoms with van der Waals surface area (Å²) in [7, 11) is 1.49. The van der Waals surface area contributed by atoms with E-state index in [-0.39, 0.29) is 11.9 Å². The van der Waals surface area contributed by atoms with E-state index in [0.717, 1.165) is 25.9 Å². The summed E-state index contributed by atoms with van der Waals surface area (Å²) in [5.41, 5.74) is 0.429. The Balaban J connectivity index is 1.96. The van der Waals surface area contributed by atoms with Gasteiger partial charge in [0.1, 0.15) is 0 Å². The Labute approximate surface area is 78.8 Å². The Bertz CT molecular complexity index is 209. The second kappa shape index (κ2) is 3.29. The summed E-state index contributed by atoms with van der Waals surface area (Å²) >= 11 is 0. The molecule has 3 heteroatoms. The fourth-order valence-corrected chi connectivity index (χ4v) is 2.76. The van der Waals surface area contributed by atoms with Crippen LogP contribution in [0.1, 0.15) is 25.7 Å². The van der Waals surface area contributed by atoms with Gasteiger partial charge in [-0.05, 0) is 37.6 Å². The summed E-state index contributed by atoms with van der Waals surface area (Å²) < 4.78 is 4.78. The highest BCUT2D eigenvalue weighted by Crippen LogP contribution is 2.46. The highest BCUT2D eigenvalue weighted by atomic mass is 16.5. The van der Waals surface area contributed by atoms with Gasteiger partial charge in [-0.2, -0.15) is 0 Å². The largest absolute Gasteiger partial charge is 0.469 e. The molecule has 1 aliphatic carbocycles. The highest BCUT2D eigenvalue weighted by Gasteiger charge is 2.43. The first-order valence-electron chi connectivity index (χ1n) is 5.04. The van der Waals surface area contributed by atoms with Crippen molar-refractivity contribution in [3.63, 3.8) is 0 Å². The number of methoxy groups -OCH3 is 1. The lowest BCUT2D eigenvalue weighted by Gasteiger charge is -2.20. The van der Waals surface area contributed by atoms with Gasteiger partial charge in [0, 0.05) is 6.54 Å². The van der Waals surface area contributed by atoms with Crippen molar-refractivity contribution in [1.82, 2.24) is 5.32 Å². The number of nitrogens with one attached hydrogen (secondary N) is 1. The third kappa shape index (κ3) is 1.57. The number of esters is 1. The third-order valence-electron chi connectivity index (χ3n) is 3.57. The molecule has 2 fully saturated rings. The molecule has 1 heterocycles. The van der Waals surface area contributed by atoms with E-state index >= 15 is 0 Å². The fourth-order valence-electron chi connectivity index (χ4n) is 2.76. The number of hydrogen-bond acceptors (Lipinski definition) is 3. The maximum absolute atomic E-state index is 11.3. The molecule has 3 nitrogen and oxygen atoms in total. The minimum Gasteiger partial charge on any atom is -0.469 e. The molecule has 0 radical (unpaired) electrons. The van der Waals surface area contributed by atoms with E-state index in [9.17, 15) is 4.79 Å². The van der Waals surface area contributed by atoms with Crippen molar-refractivity contribution in [3.05, 3.63) is 0 Å². The maximum Gasteiger partial charge on any atom is 0.308 e. The van der Waals surface area contributed by atoms with E-state index < -0.39 is 0 Å². The van der Waals surface area contributed by atoms with E-state index in [4.69, 9.17) is 4.74 Å². The van der Waals surface area contributed by atoms with Crippen LogP contribution >= 0.6 is 0 Å². The second-order valence-corrected chi connectivity index (χ2v) is 4.39. The van der Waals surface area contributed by atoms with E-state index in [2.05, 4.69) is 5.32 Å². The van der Waals surface area contributed by atoms with Crippen LogP contribution in [0.3, 0.4) is 0 Å². The van der Waals surface area contributed by atoms with Gasteiger partial charge in [0.15, 0.2) is 0 Å². The maximum atomic E-state index is 11.3. The number of rotatable bonds is 1. The van der Waals surface area contributed by atoms with Crippen LogP contribution in [0.5, 0.6) is 0 Å². The van der Waals surface area contributed by atoms with Gasteiger partial charge in [0.25, 0.3) is 0 Å². The predicted octanol–water partition coefficient (Wildman–Crippen LogP) is 0.939. The first kappa shape index (κ1) is 9.00. The number of carbonyl (C=O) groups is 1. The molecule has 2 atom stereocenters. The number of hydrogen-bond donors (Lipinski definition) is 1. The van der Waals surface area contributed by atoms with E-state index in [0.29, 0.717) is 5.41 Å². The normalized spacial score (nSPS) is 38.4. The lowest BCUT2D eigenvalue weighted by atomic mass is 9.84. The average Bonchev–Trinajstić information content (AvgIpc) is 2.76. The molecule has 1 aliphatic heterocycles. The first-order chi connectivity index (χ1) is 6.26. The molecule has 0 amide bonds. The Morgan fingerprint density at radius 2 is 2.38 bits per heavy atom. The van der Waals surface area contributed by atoms with Crippen molar-refractivity contribution in [3.8, 4) is 0 Å². The average molecular weight is 183 g/mol. The third-order valence-corrected chi connectivity index (χ3v) is 3.57. The van der Waals surface area contributed by atoms with Gasteiger partial charge >= 0.3 is 5.97 Å². The Kier molecular flexibility index (Phi) is 2.28. The molecule has 1 saturated carbocycles. The van der Waals surface area contributed by atoms with E-state index in [1.165, 1.54) is 20.0 Å². The Morgan fingerprint density at radius 1 is 1.54 bits per heavy atom. The van der Waals surface area contributed by atoms with Gasteiger partial charge in [0.2, 0.25) is 0 Å². The minimum atomic E-state index is -0.0104. The molecule has 1 saturated heterocycles. The van der Waals surface area contributed by atoms with Crippen molar-refractivity contribution in [2.75, 3.05) is 20.2 Å². The van der Waals surface area contributed by atoms with Crippen LogP contribution in [0, 0.1) is 11.3 Å². The summed E-state index contributed by atoms with van der Waals surface area (Å²) in [6.07, 6.45) is 4.49. The van der Waals surface area contributed by atoms with E-state index in [1.54, 1.807) is 0 Å². The quantitative estimate of drug-likeness (QED) is 0.615. The molecule has 2 rings (SSSR count). The van der Waals surface area contributed by atoms with Gasteiger partial charge in [-0.3, -0.25) is 4.79 Å². The monoisotopic (exact) mass is 183 g/mol. The van der Waals surface area contributed by atoms with Crippen LogP contribution in [-0.2, 0) is 9.53 Å². The standard InChI is InChI=1S/C10H17NO2/c1-13-9(12)8-2-3-10(6-8)4-5-11-7-10/h8,11H,2-7H2,1H3. The summed E-state index contributed by atoms with van der Waals surface area (Å²) in [4.78, 5) is 11.3. The van der Waals surface area contributed by atoms with Gasteiger partial charge in [-0.15, -0.1) is 0 Å². The van der Waals surface area contributed by atoms with Crippen LogP contribution in [-0.4, -0.2) is 26.2 Å². The Morgan fingerprint density at radius 3 is 3.00 bits per heavy atom. The number of carbonyl (C=O) groups excluding carboxylic acids is 1. The lowest BCUT2D eigenvalue weighted by Crippen LogP contribution is -2.22. The summed E-state index contributed by atoms with van der Waals surface area (Å²) in [6, 6.07) is 0. The first-order valence-corrected chi connectivity index (χ1v) is 5.04. The van der Waals surface area contributed by atoms with Crippen LogP contribution in [0.2, 0.25) is 0 Å². The SMILES string of the molecule is COC(=O)C1CCC2(CCNC2)C1. The topological polar surface area (TPSA) is 38.3 Å². The van der Waals surface area contributed by atoms with Crippen LogP contribution in [0.15, 0.2) is 0 Å².